The standard InChI is InChI=1S/C17H19BrN2O/c1-12-7-8-14(15(18)11-12)17(21)20-10-9-16(19)13-5-3-2-4-6-13/h2-8,11,16H,9-10,19H2,1H3,(H,20,21). The fourth-order valence-corrected chi connectivity index (χ4v) is 2.78. The van der Waals surface area contributed by atoms with Crippen LogP contribution in [0, 0.1) is 6.92 Å². The second-order valence-electron chi connectivity index (χ2n) is 5.05. The number of nitrogens with one attached hydrogen (secondary N) is 1. The van der Waals surface area contributed by atoms with Crippen molar-refractivity contribution in [3.05, 3.63) is 69.7 Å². The highest BCUT2D eigenvalue weighted by molar-refractivity contribution is 9.10. The van der Waals surface area contributed by atoms with Gasteiger partial charge in [0.05, 0.1) is 5.56 Å². The molecule has 0 fully saturated rings. The largest absolute Gasteiger partial charge is 0.352 e. The monoisotopic (exact) mass is 346 g/mol. The number of nitrogens with two attached hydrogens (primary N) is 1. The van der Waals surface area contributed by atoms with E-state index < -0.39 is 0 Å². The van der Waals surface area contributed by atoms with Crippen LogP contribution in [0.3, 0.4) is 0 Å². The molecule has 110 valence electrons. The van der Waals surface area contributed by atoms with E-state index in [1.165, 1.54) is 0 Å². The molecule has 21 heavy (non-hydrogen) atoms. The van der Waals surface area contributed by atoms with Crippen molar-refractivity contribution in [2.75, 3.05) is 6.54 Å². The minimum absolute atomic E-state index is 0.0621. The molecule has 0 saturated heterocycles. The van der Waals surface area contributed by atoms with Crippen molar-refractivity contribution in [2.45, 2.75) is 19.4 Å². The predicted molar refractivity (Wildman–Crippen MR) is 89.2 cm³/mol. The quantitative estimate of drug-likeness (QED) is 0.869. The molecule has 0 radical (unpaired) electrons. The molecule has 0 saturated carbocycles. The molecular formula is C17H19BrN2O. The maximum absolute atomic E-state index is 12.1. The van der Waals surface area contributed by atoms with E-state index in [-0.39, 0.29) is 11.9 Å². The van der Waals surface area contributed by atoms with Crippen LogP contribution >= 0.6 is 15.9 Å². The summed E-state index contributed by atoms with van der Waals surface area (Å²) >= 11 is 3.42. The number of carbonyl (C=O) groups is 1. The fourth-order valence-electron chi connectivity index (χ4n) is 2.11. The first-order chi connectivity index (χ1) is 10.1. The Bertz CT molecular complexity index is 613. The molecule has 0 spiro atoms. The number of halogens is 1. The van der Waals surface area contributed by atoms with Gasteiger partial charge in [-0.1, -0.05) is 36.4 Å². The lowest BCUT2D eigenvalue weighted by molar-refractivity contribution is 0.0952. The fraction of sp³-hybridized carbons (Fsp3) is 0.235. The summed E-state index contributed by atoms with van der Waals surface area (Å²) in [5, 5.41) is 2.91. The van der Waals surface area contributed by atoms with Gasteiger partial charge in [0.25, 0.3) is 5.91 Å². The molecule has 0 aromatic heterocycles. The Morgan fingerprint density at radius 3 is 2.62 bits per heavy atom. The van der Waals surface area contributed by atoms with E-state index in [1.54, 1.807) is 0 Å². The summed E-state index contributed by atoms with van der Waals surface area (Å²) in [6.07, 6.45) is 0.708. The number of rotatable bonds is 5. The molecule has 0 heterocycles. The minimum atomic E-state index is -0.0814. The zero-order chi connectivity index (χ0) is 15.2. The third-order valence-electron chi connectivity index (χ3n) is 3.34. The zero-order valence-electron chi connectivity index (χ0n) is 12.0. The Morgan fingerprint density at radius 1 is 1.24 bits per heavy atom. The van der Waals surface area contributed by atoms with Crippen LogP contribution in [0.25, 0.3) is 0 Å². The molecule has 3 nitrogen and oxygen atoms in total. The Kier molecular flexibility index (Phi) is 5.53. The van der Waals surface area contributed by atoms with Gasteiger partial charge >= 0.3 is 0 Å². The Morgan fingerprint density at radius 2 is 1.95 bits per heavy atom. The maximum Gasteiger partial charge on any atom is 0.252 e. The van der Waals surface area contributed by atoms with E-state index in [9.17, 15) is 4.79 Å². The van der Waals surface area contributed by atoms with Crippen LogP contribution in [0.15, 0.2) is 53.0 Å². The molecule has 0 aliphatic rings. The van der Waals surface area contributed by atoms with Crippen molar-refractivity contribution in [3.8, 4) is 0 Å². The summed E-state index contributed by atoms with van der Waals surface area (Å²) in [4.78, 5) is 12.1. The van der Waals surface area contributed by atoms with Crippen LogP contribution in [0.1, 0.15) is 33.9 Å². The summed E-state index contributed by atoms with van der Waals surface area (Å²) in [5.41, 5.74) is 8.96. The second-order valence-corrected chi connectivity index (χ2v) is 5.90. The number of hydrogen-bond acceptors (Lipinski definition) is 2. The van der Waals surface area contributed by atoms with Crippen LogP contribution in [0.5, 0.6) is 0 Å². The summed E-state index contributed by atoms with van der Waals surface area (Å²) in [7, 11) is 0. The normalized spacial score (nSPS) is 12.0. The number of carbonyl (C=O) groups excluding carboxylic acids is 1. The van der Waals surface area contributed by atoms with Crippen LogP contribution < -0.4 is 11.1 Å². The molecule has 0 aliphatic heterocycles. The number of hydrogen-bond donors (Lipinski definition) is 2. The van der Waals surface area contributed by atoms with Crippen molar-refractivity contribution < 1.29 is 4.79 Å². The topological polar surface area (TPSA) is 55.1 Å². The van der Waals surface area contributed by atoms with Crippen LogP contribution in [-0.4, -0.2) is 12.5 Å². The average molecular weight is 347 g/mol. The van der Waals surface area contributed by atoms with Crippen LogP contribution in [0.2, 0.25) is 0 Å². The number of amides is 1. The van der Waals surface area contributed by atoms with Gasteiger partial charge in [-0.05, 0) is 52.5 Å². The van der Waals surface area contributed by atoms with E-state index in [1.807, 2.05) is 55.5 Å². The Labute approximate surface area is 133 Å². The molecule has 2 aromatic carbocycles. The highest BCUT2D eigenvalue weighted by Crippen LogP contribution is 2.18. The van der Waals surface area contributed by atoms with Crippen molar-refractivity contribution in [1.82, 2.24) is 5.32 Å². The van der Waals surface area contributed by atoms with E-state index >= 15 is 0 Å². The first-order valence-corrected chi connectivity index (χ1v) is 7.72. The molecule has 0 bridgehead atoms. The lowest BCUT2D eigenvalue weighted by atomic mass is 10.0. The smallest absolute Gasteiger partial charge is 0.252 e. The van der Waals surface area contributed by atoms with E-state index in [4.69, 9.17) is 5.73 Å². The molecule has 2 aromatic rings. The summed E-state index contributed by atoms with van der Waals surface area (Å²) in [5.74, 6) is -0.0814. The molecule has 4 heteroatoms. The minimum Gasteiger partial charge on any atom is -0.352 e. The van der Waals surface area contributed by atoms with Gasteiger partial charge in [-0.2, -0.15) is 0 Å². The van der Waals surface area contributed by atoms with Gasteiger partial charge in [0.2, 0.25) is 0 Å². The first-order valence-electron chi connectivity index (χ1n) is 6.93. The summed E-state index contributed by atoms with van der Waals surface area (Å²) < 4.78 is 0.812. The number of aryl methyl sites for hydroxylation is 1. The molecule has 2 rings (SSSR count). The molecule has 1 unspecified atom stereocenters. The van der Waals surface area contributed by atoms with Gasteiger partial charge in [-0.25, -0.2) is 0 Å². The molecule has 1 atom stereocenters. The predicted octanol–water partition coefficient (Wildman–Crippen LogP) is 3.58. The van der Waals surface area contributed by atoms with Gasteiger partial charge in [-0.15, -0.1) is 0 Å². The van der Waals surface area contributed by atoms with Gasteiger partial charge < -0.3 is 11.1 Å². The zero-order valence-corrected chi connectivity index (χ0v) is 13.6. The van der Waals surface area contributed by atoms with E-state index in [0.29, 0.717) is 18.5 Å². The third-order valence-corrected chi connectivity index (χ3v) is 3.99. The second kappa shape index (κ2) is 7.38. The van der Waals surface area contributed by atoms with Crippen LogP contribution in [-0.2, 0) is 0 Å². The Balaban J connectivity index is 1.87. The van der Waals surface area contributed by atoms with Gasteiger partial charge in [0.15, 0.2) is 0 Å². The molecule has 3 N–H and O–H groups in total. The van der Waals surface area contributed by atoms with Crippen molar-refractivity contribution >= 4 is 21.8 Å². The van der Waals surface area contributed by atoms with E-state index in [0.717, 1.165) is 15.6 Å². The van der Waals surface area contributed by atoms with Gasteiger partial charge in [0, 0.05) is 17.1 Å². The van der Waals surface area contributed by atoms with Gasteiger partial charge in [-0.3, -0.25) is 4.79 Å². The highest BCUT2D eigenvalue weighted by Gasteiger charge is 2.10. The van der Waals surface area contributed by atoms with Gasteiger partial charge in [0.1, 0.15) is 0 Å². The lowest BCUT2D eigenvalue weighted by Gasteiger charge is -2.13. The average Bonchev–Trinajstić information content (AvgIpc) is 2.47. The molecule has 1 amide bonds. The molecular weight excluding hydrogens is 328 g/mol. The molecule has 0 aliphatic carbocycles. The van der Waals surface area contributed by atoms with Crippen LogP contribution in [0.4, 0.5) is 0 Å². The van der Waals surface area contributed by atoms with Crippen molar-refractivity contribution in [2.24, 2.45) is 5.73 Å². The summed E-state index contributed by atoms with van der Waals surface area (Å²) in [6.45, 7) is 2.54. The third kappa shape index (κ3) is 4.41. The SMILES string of the molecule is Cc1ccc(C(=O)NCCC(N)c2ccccc2)c(Br)c1. The highest BCUT2D eigenvalue weighted by atomic mass is 79.9. The lowest BCUT2D eigenvalue weighted by Crippen LogP contribution is -2.27. The van der Waals surface area contributed by atoms with E-state index in [2.05, 4.69) is 21.2 Å². The first kappa shape index (κ1) is 15.7. The maximum atomic E-state index is 12.1. The Hall–Kier alpha value is -1.65. The van der Waals surface area contributed by atoms with Crippen molar-refractivity contribution in [1.29, 1.82) is 0 Å². The summed E-state index contributed by atoms with van der Waals surface area (Å²) in [6, 6.07) is 15.5. The number of benzene rings is 2. The van der Waals surface area contributed by atoms with Crippen molar-refractivity contribution in [3.63, 3.8) is 0 Å².